The molecule has 0 spiro atoms. The van der Waals surface area contributed by atoms with E-state index in [9.17, 15) is 22.8 Å². The van der Waals surface area contributed by atoms with Crippen molar-refractivity contribution in [3.8, 4) is 0 Å². The van der Waals surface area contributed by atoms with Crippen LogP contribution in [0.15, 0.2) is 41.5 Å². The molecule has 3 unspecified atom stereocenters. The van der Waals surface area contributed by atoms with Crippen molar-refractivity contribution in [2.24, 2.45) is 5.41 Å². The molecule has 158 valence electrons. The summed E-state index contributed by atoms with van der Waals surface area (Å²) in [5, 5.41) is 0. The molecular formula is C22H25F3O4. The van der Waals surface area contributed by atoms with Crippen LogP contribution in [-0.4, -0.2) is 31.1 Å². The van der Waals surface area contributed by atoms with Crippen LogP contribution >= 0.6 is 0 Å². The van der Waals surface area contributed by atoms with Crippen molar-refractivity contribution in [3.63, 3.8) is 0 Å². The summed E-state index contributed by atoms with van der Waals surface area (Å²) in [6.07, 6.45) is -3.23. The van der Waals surface area contributed by atoms with Gasteiger partial charge in [-0.25, -0.2) is 4.79 Å². The number of ketones is 1. The number of alkyl halides is 3. The minimum Gasteiger partial charge on any atom is -0.459 e. The predicted octanol–water partition coefficient (Wildman–Crippen LogP) is 4.87. The molecular weight excluding hydrogens is 385 g/mol. The van der Waals surface area contributed by atoms with Crippen molar-refractivity contribution in [3.05, 3.63) is 47.0 Å². The van der Waals surface area contributed by atoms with E-state index in [2.05, 4.69) is 0 Å². The average molecular weight is 410 g/mol. The molecule has 29 heavy (non-hydrogen) atoms. The topological polar surface area (TPSA) is 52.6 Å². The summed E-state index contributed by atoms with van der Waals surface area (Å²) in [5.41, 5.74) is -2.63. The van der Waals surface area contributed by atoms with Crippen molar-refractivity contribution >= 4 is 11.8 Å². The molecule has 2 aliphatic rings. The Hall–Kier alpha value is -2.15. The number of hydrogen-bond donors (Lipinski definition) is 0. The molecule has 0 N–H and O–H groups in total. The highest BCUT2D eigenvalue weighted by Gasteiger charge is 2.65. The van der Waals surface area contributed by atoms with Gasteiger partial charge in [-0.2, -0.15) is 13.2 Å². The Balaban J connectivity index is 2.00. The van der Waals surface area contributed by atoms with Gasteiger partial charge < -0.3 is 9.47 Å². The van der Waals surface area contributed by atoms with E-state index in [0.29, 0.717) is 37.7 Å². The Labute approximate surface area is 168 Å². The average Bonchev–Trinajstić information content (AvgIpc) is 2.67. The highest BCUT2D eigenvalue weighted by atomic mass is 19.4. The fourth-order valence-electron chi connectivity index (χ4n) is 4.71. The van der Waals surface area contributed by atoms with E-state index >= 15 is 0 Å². The molecule has 0 bridgehead atoms. The molecule has 0 aliphatic heterocycles. The van der Waals surface area contributed by atoms with Crippen LogP contribution in [0.25, 0.3) is 0 Å². The highest BCUT2D eigenvalue weighted by molar-refractivity contribution is 5.97. The summed E-state index contributed by atoms with van der Waals surface area (Å²) in [4.78, 5) is 25.1. The van der Waals surface area contributed by atoms with Crippen molar-refractivity contribution < 1.29 is 32.2 Å². The molecule has 0 radical (unpaired) electrons. The van der Waals surface area contributed by atoms with Gasteiger partial charge in [-0.15, -0.1) is 0 Å². The zero-order valence-electron chi connectivity index (χ0n) is 16.8. The Bertz CT molecular complexity index is 830. The molecule has 7 heteroatoms. The van der Waals surface area contributed by atoms with Crippen molar-refractivity contribution in [1.82, 2.24) is 0 Å². The summed E-state index contributed by atoms with van der Waals surface area (Å²) < 4.78 is 52.8. The van der Waals surface area contributed by atoms with Gasteiger partial charge in [0, 0.05) is 24.5 Å². The van der Waals surface area contributed by atoms with Crippen LogP contribution in [0, 0.1) is 5.41 Å². The normalized spacial score (nSPS) is 27.2. The molecule has 1 aromatic rings. The first kappa shape index (κ1) is 21.6. The number of Topliss-reactive ketones (excluding diaryl/α,β-unsaturated/α-hetero) is 1. The number of hydrogen-bond acceptors (Lipinski definition) is 4. The third kappa shape index (κ3) is 3.39. The molecule has 2 aliphatic carbocycles. The molecule has 0 saturated heterocycles. The number of rotatable bonds is 4. The van der Waals surface area contributed by atoms with Gasteiger partial charge in [0.1, 0.15) is 6.10 Å². The van der Waals surface area contributed by atoms with Gasteiger partial charge in [0.05, 0.1) is 0 Å². The summed E-state index contributed by atoms with van der Waals surface area (Å²) in [7, 11) is 0.860. The van der Waals surface area contributed by atoms with Crippen molar-refractivity contribution in [2.75, 3.05) is 7.11 Å². The third-order valence-electron chi connectivity index (χ3n) is 6.46. The zero-order valence-corrected chi connectivity index (χ0v) is 16.8. The highest BCUT2D eigenvalue weighted by Crippen LogP contribution is 2.51. The second-order valence-electron chi connectivity index (χ2n) is 7.98. The van der Waals surface area contributed by atoms with Gasteiger partial charge in [-0.1, -0.05) is 42.8 Å². The second-order valence-corrected chi connectivity index (χ2v) is 7.98. The lowest BCUT2D eigenvalue weighted by molar-refractivity contribution is -0.280. The van der Waals surface area contributed by atoms with E-state index in [1.165, 1.54) is 24.3 Å². The quantitative estimate of drug-likeness (QED) is 0.665. The standard InChI is InChI=1S/C22H25F3O4/c1-14-16-10-7-11-18(20(16,2)13-12-17(14)26)29-19(27)21(28-3,22(23,24)25)15-8-5-4-6-9-15/h4-6,8-9,18H,7,10-13H2,1-3H3. The SMILES string of the molecule is COC(C(=O)OC1CCCC2=C(C)C(=O)CCC21C)(c1ccccc1)C(F)(F)F. The van der Waals surface area contributed by atoms with E-state index in [0.717, 1.165) is 12.7 Å². The van der Waals surface area contributed by atoms with Gasteiger partial charge in [-0.05, 0) is 38.2 Å². The van der Waals surface area contributed by atoms with E-state index < -0.39 is 29.3 Å². The number of carbonyl (C=O) groups excluding carboxylic acids is 2. The largest absolute Gasteiger partial charge is 0.459 e. The molecule has 3 rings (SSSR count). The second kappa shape index (κ2) is 7.59. The first-order valence-corrected chi connectivity index (χ1v) is 9.70. The number of carbonyl (C=O) groups is 2. The fourth-order valence-corrected chi connectivity index (χ4v) is 4.71. The lowest BCUT2D eigenvalue weighted by Crippen LogP contribution is -2.54. The number of esters is 1. The van der Waals surface area contributed by atoms with E-state index in [-0.39, 0.29) is 11.3 Å². The maximum Gasteiger partial charge on any atom is 0.432 e. The molecule has 1 fully saturated rings. The van der Waals surface area contributed by atoms with E-state index in [1.807, 2.05) is 6.92 Å². The number of ether oxygens (including phenoxy) is 2. The van der Waals surface area contributed by atoms with E-state index in [4.69, 9.17) is 9.47 Å². The van der Waals surface area contributed by atoms with Gasteiger partial charge >= 0.3 is 12.1 Å². The van der Waals surface area contributed by atoms with Crippen molar-refractivity contribution in [1.29, 1.82) is 0 Å². The fraction of sp³-hybridized carbons (Fsp3) is 0.545. The molecule has 1 aromatic carbocycles. The summed E-state index contributed by atoms with van der Waals surface area (Å²) >= 11 is 0. The lowest BCUT2D eigenvalue weighted by Gasteiger charge is -2.47. The predicted molar refractivity (Wildman–Crippen MR) is 100.0 cm³/mol. The third-order valence-corrected chi connectivity index (χ3v) is 6.46. The molecule has 0 amide bonds. The van der Waals surface area contributed by atoms with Gasteiger partial charge in [0.25, 0.3) is 5.60 Å². The monoisotopic (exact) mass is 410 g/mol. The summed E-state index contributed by atoms with van der Waals surface area (Å²) in [6, 6.07) is 6.81. The van der Waals surface area contributed by atoms with Crippen LogP contribution in [0.1, 0.15) is 51.5 Å². The Kier molecular flexibility index (Phi) is 5.64. The van der Waals surface area contributed by atoms with Crippen LogP contribution in [0.2, 0.25) is 0 Å². The molecule has 0 heterocycles. The Morgan fingerprint density at radius 1 is 1.17 bits per heavy atom. The first-order chi connectivity index (χ1) is 13.6. The number of fused-ring (bicyclic) bond motifs is 1. The Morgan fingerprint density at radius 3 is 2.41 bits per heavy atom. The maximum absolute atomic E-state index is 14.1. The zero-order chi connectivity index (χ0) is 21.4. The van der Waals surface area contributed by atoms with E-state index in [1.54, 1.807) is 13.0 Å². The summed E-state index contributed by atoms with van der Waals surface area (Å²) in [6.45, 7) is 3.62. The maximum atomic E-state index is 14.1. The van der Waals surface area contributed by atoms with Gasteiger partial charge in [0.15, 0.2) is 5.78 Å². The summed E-state index contributed by atoms with van der Waals surface area (Å²) in [5.74, 6) is -1.42. The van der Waals surface area contributed by atoms with Crippen LogP contribution in [0.4, 0.5) is 13.2 Å². The van der Waals surface area contributed by atoms with Gasteiger partial charge in [-0.3, -0.25) is 4.79 Å². The minimum atomic E-state index is -5.01. The number of allylic oxidation sites excluding steroid dienone is 1. The van der Waals surface area contributed by atoms with Crippen LogP contribution in [-0.2, 0) is 24.7 Å². The molecule has 0 aromatic heterocycles. The van der Waals surface area contributed by atoms with Crippen LogP contribution in [0.5, 0.6) is 0 Å². The van der Waals surface area contributed by atoms with Crippen LogP contribution < -0.4 is 0 Å². The molecule has 3 atom stereocenters. The van der Waals surface area contributed by atoms with Crippen molar-refractivity contribution in [2.45, 2.75) is 63.8 Å². The molecule has 4 nitrogen and oxygen atoms in total. The Morgan fingerprint density at radius 2 is 1.83 bits per heavy atom. The number of halogens is 3. The lowest BCUT2D eigenvalue weighted by atomic mass is 9.62. The smallest absolute Gasteiger partial charge is 0.432 e. The molecule has 1 saturated carbocycles. The minimum absolute atomic E-state index is 0.0512. The van der Waals surface area contributed by atoms with Crippen LogP contribution in [0.3, 0.4) is 0 Å². The number of benzene rings is 1. The first-order valence-electron chi connectivity index (χ1n) is 9.70. The van der Waals surface area contributed by atoms with Gasteiger partial charge in [0.2, 0.25) is 0 Å². The number of methoxy groups -OCH3 is 1.